The second-order valence-corrected chi connectivity index (χ2v) is 5.23. The Morgan fingerprint density at radius 1 is 1.38 bits per heavy atom. The molecule has 0 aliphatic heterocycles. The molecule has 1 heterocycles. The normalized spacial score (nSPS) is 21.9. The van der Waals surface area contributed by atoms with Crippen molar-refractivity contribution >= 4 is 5.82 Å². The first-order valence-electron chi connectivity index (χ1n) is 6.18. The number of rotatable bonds is 4. The molecule has 1 atom stereocenters. The molecule has 0 aromatic carbocycles. The lowest BCUT2D eigenvalue weighted by Gasteiger charge is -2.08. The molecule has 0 saturated heterocycles. The fraction of sp³-hybridized carbons (Fsp3) is 0.692. The molecule has 1 aromatic rings. The van der Waals surface area contributed by atoms with Gasteiger partial charge < -0.3 is 5.32 Å². The van der Waals surface area contributed by atoms with Crippen molar-refractivity contribution in [1.82, 2.24) is 9.97 Å². The van der Waals surface area contributed by atoms with Crippen LogP contribution in [0, 0.1) is 5.41 Å². The lowest BCUT2D eigenvalue weighted by molar-refractivity contribution is 0.607. The van der Waals surface area contributed by atoms with Crippen molar-refractivity contribution in [1.29, 1.82) is 0 Å². The summed E-state index contributed by atoms with van der Waals surface area (Å²) in [5, 5.41) is 3.28. The lowest BCUT2D eigenvalue weighted by Crippen LogP contribution is -2.06. The van der Waals surface area contributed by atoms with Gasteiger partial charge in [0, 0.05) is 24.2 Å². The number of hydrogen-bond donors (Lipinski definition) is 1. The summed E-state index contributed by atoms with van der Waals surface area (Å²) in [5.74, 6) is 2.56. The van der Waals surface area contributed by atoms with Crippen LogP contribution in [-0.2, 0) is 6.42 Å². The van der Waals surface area contributed by atoms with Crippen molar-refractivity contribution in [2.24, 2.45) is 5.41 Å². The van der Waals surface area contributed by atoms with Gasteiger partial charge in [-0.3, -0.25) is 0 Å². The molecule has 3 heteroatoms. The number of hydrogen-bond acceptors (Lipinski definition) is 3. The second-order valence-electron chi connectivity index (χ2n) is 5.23. The zero-order valence-electron chi connectivity index (χ0n) is 10.7. The van der Waals surface area contributed by atoms with Gasteiger partial charge in [0.1, 0.15) is 11.6 Å². The van der Waals surface area contributed by atoms with Crippen LogP contribution < -0.4 is 5.32 Å². The van der Waals surface area contributed by atoms with Gasteiger partial charge in [0.05, 0.1) is 0 Å². The van der Waals surface area contributed by atoms with Gasteiger partial charge >= 0.3 is 0 Å². The summed E-state index contributed by atoms with van der Waals surface area (Å²) in [4.78, 5) is 9.25. The molecule has 1 aromatic heterocycles. The topological polar surface area (TPSA) is 37.8 Å². The molecule has 1 fully saturated rings. The third-order valence-corrected chi connectivity index (χ3v) is 3.34. The van der Waals surface area contributed by atoms with Gasteiger partial charge in [0.15, 0.2) is 0 Å². The van der Waals surface area contributed by atoms with Crippen molar-refractivity contribution in [3.63, 3.8) is 0 Å². The molecule has 88 valence electrons. The molecule has 2 rings (SSSR count). The Kier molecular flexibility index (Phi) is 2.87. The molecule has 1 saturated carbocycles. The lowest BCUT2D eigenvalue weighted by atomic mass is 10.1. The van der Waals surface area contributed by atoms with E-state index >= 15 is 0 Å². The van der Waals surface area contributed by atoms with Crippen molar-refractivity contribution in [2.45, 2.75) is 46.5 Å². The highest BCUT2D eigenvalue weighted by atomic mass is 15.0. The summed E-state index contributed by atoms with van der Waals surface area (Å²) in [6.07, 6.45) is 2.19. The predicted molar refractivity (Wildman–Crippen MR) is 66.7 cm³/mol. The van der Waals surface area contributed by atoms with E-state index in [0.29, 0.717) is 11.3 Å². The van der Waals surface area contributed by atoms with Crippen LogP contribution in [0.1, 0.15) is 51.6 Å². The van der Waals surface area contributed by atoms with Gasteiger partial charge in [-0.1, -0.05) is 20.8 Å². The molecule has 0 amide bonds. The van der Waals surface area contributed by atoms with E-state index in [4.69, 9.17) is 0 Å². The number of aromatic nitrogens is 2. The van der Waals surface area contributed by atoms with Gasteiger partial charge in [0.2, 0.25) is 0 Å². The Morgan fingerprint density at radius 2 is 2.06 bits per heavy atom. The Labute approximate surface area is 97.7 Å². The largest absolute Gasteiger partial charge is 0.370 e. The highest BCUT2D eigenvalue weighted by Crippen LogP contribution is 2.57. The van der Waals surface area contributed by atoms with Gasteiger partial charge in [0.25, 0.3) is 0 Å². The van der Waals surface area contributed by atoms with E-state index in [2.05, 4.69) is 49.0 Å². The van der Waals surface area contributed by atoms with Gasteiger partial charge in [-0.2, -0.15) is 0 Å². The van der Waals surface area contributed by atoms with E-state index in [-0.39, 0.29) is 0 Å². The van der Waals surface area contributed by atoms with Crippen molar-refractivity contribution < 1.29 is 0 Å². The first kappa shape index (κ1) is 11.4. The molecule has 0 spiro atoms. The maximum atomic E-state index is 4.64. The highest BCUT2D eigenvalue weighted by molar-refractivity contribution is 5.37. The molecule has 0 radical (unpaired) electrons. The van der Waals surface area contributed by atoms with Crippen LogP contribution in [-0.4, -0.2) is 16.5 Å². The first-order valence-corrected chi connectivity index (χ1v) is 6.18. The van der Waals surface area contributed by atoms with Crippen LogP contribution in [0.2, 0.25) is 0 Å². The third kappa shape index (κ3) is 2.18. The number of anilines is 1. The third-order valence-electron chi connectivity index (χ3n) is 3.34. The fourth-order valence-electron chi connectivity index (χ4n) is 2.03. The monoisotopic (exact) mass is 219 g/mol. The minimum Gasteiger partial charge on any atom is -0.370 e. The summed E-state index contributed by atoms with van der Waals surface area (Å²) >= 11 is 0. The highest BCUT2D eigenvalue weighted by Gasteiger charge is 2.48. The van der Waals surface area contributed by atoms with E-state index in [9.17, 15) is 0 Å². The summed E-state index contributed by atoms with van der Waals surface area (Å²) in [6.45, 7) is 9.71. The molecule has 3 nitrogen and oxygen atoms in total. The Balaban J connectivity index is 2.27. The SMILES string of the molecule is CCNc1cc(CC)nc(C2CC2(C)C)n1. The van der Waals surface area contributed by atoms with Crippen LogP contribution in [0.25, 0.3) is 0 Å². The number of nitrogens with zero attached hydrogens (tertiary/aromatic N) is 2. The Morgan fingerprint density at radius 3 is 2.56 bits per heavy atom. The van der Waals surface area contributed by atoms with E-state index in [1.165, 1.54) is 6.42 Å². The Bertz CT molecular complexity index is 385. The van der Waals surface area contributed by atoms with Crippen molar-refractivity contribution in [3.05, 3.63) is 17.6 Å². The van der Waals surface area contributed by atoms with Crippen LogP contribution >= 0.6 is 0 Å². The zero-order chi connectivity index (χ0) is 11.8. The molecule has 16 heavy (non-hydrogen) atoms. The van der Waals surface area contributed by atoms with Crippen LogP contribution in [0.15, 0.2) is 6.07 Å². The van der Waals surface area contributed by atoms with Gasteiger partial charge in [-0.25, -0.2) is 9.97 Å². The molecule has 1 aliphatic carbocycles. The minimum absolute atomic E-state index is 0.399. The summed E-state index contributed by atoms with van der Waals surface area (Å²) in [7, 11) is 0. The average Bonchev–Trinajstić information content (AvgIpc) is 2.88. The molecular weight excluding hydrogens is 198 g/mol. The van der Waals surface area contributed by atoms with E-state index < -0.39 is 0 Å². The standard InChI is InChI=1S/C13H21N3/c1-5-9-7-11(14-6-2)16-12(15-9)10-8-13(10,3)4/h7,10H,5-6,8H2,1-4H3,(H,14,15,16). The summed E-state index contributed by atoms with van der Waals surface area (Å²) in [6, 6.07) is 2.06. The van der Waals surface area contributed by atoms with Crippen LogP contribution in [0.4, 0.5) is 5.82 Å². The van der Waals surface area contributed by atoms with E-state index in [1.54, 1.807) is 0 Å². The predicted octanol–water partition coefficient (Wildman–Crippen LogP) is 2.98. The maximum absolute atomic E-state index is 4.64. The van der Waals surface area contributed by atoms with Crippen LogP contribution in [0.3, 0.4) is 0 Å². The fourth-order valence-corrected chi connectivity index (χ4v) is 2.03. The smallest absolute Gasteiger partial charge is 0.134 e. The number of aryl methyl sites for hydroxylation is 1. The van der Waals surface area contributed by atoms with Crippen molar-refractivity contribution in [3.8, 4) is 0 Å². The quantitative estimate of drug-likeness (QED) is 0.846. The van der Waals surface area contributed by atoms with Gasteiger partial charge in [-0.15, -0.1) is 0 Å². The van der Waals surface area contributed by atoms with Crippen molar-refractivity contribution in [2.75, 3.05) is 11.9 Å². The molecule has 1 N–H and O–H groups in total. The summed E-state index contributed by atoms with van der Waals surface area (Å²) in [5.41, 5.74) is 1.54. The molecule has 1 unspecified atom stereocenters. The first-order chi connectivity index (χ1) is 7.56. The van der Waals surface area contributed by atoms with Gasteiger partial charge in [-0.05, 0) is 25.2 Å². The number of nitrogens with one attached hydrogen (secondary N) is 1. The van der Waals surface area contributed by atoms with Crippen LogP contribution in [0.5, 0.6) is 0 Å². The zero-order valence-corrected chi connectivity index (χ0v) is 10.7. The second kappa shape index (κ2) is 4.04. The van der Waals surface area contributed by atoms with E-state index in [1.807, 2.05) is 0 Å². The average molecular weight is 219 g/mol. The summed E-state index contributed by atoms with van der Waals surface area (Å²) < 4.78 is 0. The molecule has 0 bridgehead atoms. The molecular formula is C13H21N3. The minimum atomic E-state index is 0.399. The maximum Gasteiger partial charge on any atom is 0.134 e. The Hall–Kier alpha value is -1.12. The molecule has 1 aliphatic rings. The van der Waals surface area contributed by atoms with E-state index in [0.717, 1.165) is 30.3 Å².